The topological polar surface area (TPSA) is 62.8 Å². The molecule has 6 heteroatoms. The highest BCUT2D eigenvalue weighted by molar-refractivity contribution is 9.10. The number of aliphatic hydroxyl groups excluding tert-OH is 1. The molecular formula is C19H25BrN2O3. The van der Waals surface area contributed by atoms with E-state index in [-0.39, 0.29) is 6.61 Å². The van der Waals surface area contributed by atoms with Gasteiger partial charge in [0, 0.05) is 30.7 Å². The van der Waals surface area contributed by atoms with E-state index in [1.165, 1.54) is 0 Å². The average Bonchev–Trinajstić information content (AvgIpc) is 2.65. The van der Waals surface area contributed by atoms with Gasteiger partial charge in [-0.3, -0.25) is 0 Å². The molecule has 3 N–H and O–H groups in total. The smallest absolute Gasteiger partial charge is 0.162 e. The Kier molecular flexibility index (Phi) is 8.76. The van der Waals surface area contributed by atoms with Crippen LogP contribution in [0.25, 0.3) is 0 Å². The van der Waals surface area contributed by atoms with E-state index in [1.54, 1.807) is 7.11 Å². The summed E-state index contributed by atoms with van der Waals surface area (Å²) in [6, 6.07) is 14.0. The van der Waals surface area contributed by atoms with Gasteiger partial charge in [-0.2, -0.15) is 0 Å². The van der Waals surface area contributed by atoms with Crippen molar-refractivity contribution in [3.05, 3.63) is 58.1 Å². The summed E-state index contributed by atoms with van der Waals surface area (Å²) in [7, 11) is 1.65. The van der Waals surface area contributed by atoms with Crippen LogP contribution >= 0.6 is 15.9 Å². The number of hydrogen-bond acceptors (Lipinski definition) is 5. The summed E-state index contributed by atoms with van der Waals surface area (Å²) in [5, 5.41) is 15.2. The lowest BCUT2D eigenvalue weighted by atomic mass is 10.2. The Morgan fingerprint density at radius 2 is 1.76 bits per heavy atom. The van der Waals surface area contributed by atoms with Crippen LogP contribution in [0.5, 0.6) is 11.5 Å². The molecule has 0 aliphatic rings. The van der Waals surface area contributed by atoms with Crippen molar-refractivity contribution in [1.82, 2.24) is 10.6 Å². The molecule has 0 heterocycles. The zero-order valence-electron chi connectivity index (χ0n) is 14.4. The Hall–Kier alpha value is -1.60. The highest BCUT2D eigenvalue weighted by Gasteiger charge is 2.10. The van der Waals surface area contributed by atoms with Crippen molar-refractivity contribution >= 4 is 15.9 Å². The minimum Gasteiger partial charge on any atom is -0.493 e. The fourth-order valence-electron chi connectivity index (χ4n) is 2.32. The van der Waals surface area contributed by atoms with E-state index in [9.17, 15) is 0 Å². The second-order valence-corrected chi connectivity index (χ2v) is 6.37. The van der Waals surface area contributed by atoms with Gasteiger partial charge in [-0.15, -0.1) is 0 Å². The highest BCUT2D eigenvalue weighted by atomic mass is 79.9. The first-order chi connectivity index (χ1) is 12.2. The predicted octanol–water partition coefficient (Wildman–Crippen LogP) is 2.71. The highest BCUT2D eigenvalue weighted by Crippen LogP contribution is 2.34. The van der Waals surface area contributed by atoms with Crippen LogP contribution in [0, 0.1) is 0 Å². The summed E-state index contributed by atoms with van der Waals surface area (Å²) in [5.74, 6) is 1.43. The van der Waals surface area contributed by atoms with E-state index in [0.717, 1.165) is 35.2 Å². The van der Waals surface area contributed by atoms with Crippen molar-refractivity contribution in [2.24, 2.45) is 0 Å². The third-order valence-electron chi connectivity index (χ3n) is 3.65. The molecule has 0 radical (unpaired) electrons. The van der Waals surface area contributed by atoms with Gasteiger partial charge >= 0.3 is 0 Å². The van der Waals surface area contributed by atoms with Gasteiger partial charge in [-0.25, -0.2) is 0 Å². The molecular weight excluding hydrogens is 384 g/mol. The van der Waals surface area contributed by atoms with Crippen LogP contribution in [0.3, 0.4) is 0 Å². The molecule has 136 valence electrons. The number of ether oxygens (including phenoxy) is 2. The second kappa shape index (κ2) is 11.1. The largest absolute Gasteiger partial charge is 0.493 e. The lowest BCUT2D eigenvalue weighted by molar-refractivity contribution is 0.284. The number of benzene rings is 2. The molecule has 0 aromatic heterocycles. The fourth-order valence-corrected chi connectivity index (χ4v) is 2.79. The SMILES string of the molecule is COc1cc(CNCCNCCO)c(Br)cc1OCc1ccccc1. The Balaban J connectivity index is 1.92. The Morgan fingerprint density at radius 1 is 1.00 bits per heavy atom. The van der Waals surface area contributed by atoms with E-state index >= 15 is 0 Å². The van der Waals surface area contributed by atoms with Crippen LogP contribution in [0.4, 0.5) is 0 Å². The molecule has 0 saturated heterocycles. The summed E-state index contributed by atoms with van der Waals surface area (Å²) < 4.78 is 12.4. The standard InChI is InChI=1S/C19H25BrN2O3/c1-24-18-11-16(13-22-8-7-21-9-10-23)17(20)12-19(18)25-14-15-5-3-2-4-6-15/h2-6,11-12,21-23H,7-10,13-14H2,1H3. The molecule has 0 aliphatic carbocycles. The van der Waals surface area contributed by atoms with Gasteiger partial charge < -0.3 is 25.2 Å². The molecule has 25 heavy (non-hydrogen) atoms. The normalized spacial score (nSPS) is 10.7. The zero-order chi connectivity index (χ0) is 17.9. The van der Waals surface area contributed by atoms with Crippen LogP contribution in [0.15, 0.2) is 46.9 Å². The van der Waals surface area contributed by atoms with Crippen LogP contribution in [-0.4, -0.2) is 38.5 Å². The summed E-state index contributed by atoms with van der Waals surface area (Å²) in [6.07, 6.45) is 0. The van der Waals surface area contributed by atoms with E-state index in [4.69, 9.17) is 14.6 Å². The van der Waals surface area contributed by atoms with Gasteiger partial charge in [-0.1, -0.05) is 46.3 Å². The van der Waals surface area contributed by atoms with Crippen LogP contribution in [-0.2, 0) is 13.2 Å². The van der Waals surface area contributed by atoms with E-state index in [1.807, 2.05) is 42.5 Å². The Bertz CT molecular complexity index is 638. The Labute approximate surface area is 157 Å². The number of methoxy groups -OCH3 is 1. The van der Waals surface area contributed by atoms with Gasteiger partial charge in [0.1, 0.15) is 6.61 Å². The van der Waals surface area contributed by atoms with Crippen molar-refractivity contribution in [2.45, 2.75) is 13.2 Å². The average molecular weight is 409 g/mol. The van der Waals surface area contributed by atoms with Crippen molar-refractivity contribution < 1.29 is 14.6 Å². The monoisotopic (exact) mass is 408 g/mol. The van der Waals surface area contributed by atoms with E-state index < -0.39 is 0 Å². The fraction of sp³-hybridized carbons (Fsp3) is 0.368. The molecule has 0 spiro atoms. The van der Waals surface area contributed by atoms with Gasteiger partial charge in [0.15, 0.2) is 11.5 Å². The summed E-state index contributed by atoms with van der Waals surface area (Å²) in [6.45, 7) is 3.63. The van der Waals surface area contributed by atoms with E-state index in [2.05, 4.69) is 26.6 Å². The van der Waals surface area contributed by atoms with Crippen LogP contribution in [0.1, 0.15) is 11.1 Å². The summed E-state index contributed by atoms with van der Waals surface area (Å²) >= 11 is 3.61. The zero-order valence-corrected chi connectivity index (χ0v) is 16.0. The third-order valence-corrected chi connectivity index (χ3v) is 4.39. The number of hydrogen-bond donors (Lipinski definition) is 3. The maximum Gasteiger partial charge on any atom is 0.162 e. The summed E-state index contributed by atoms with van der Waals surface area (Å²) in [4.78, 5) is 0. The van der Waals surface area contributed by atoms with Gasteiger partial charge in [0.25, 0.3) is 0 Å². The maximum absolute atomic E-state index is 8.72. The molecule has 2 aromatic rings. The van der Waals surface area contributed by atoms with Crippen molar-refractivity contribution in [2.75, 3.05) is 33.4 Å². The van der Waals surface area contributed by atoms with Crippen LogP contribution in [0.2, 0.25) is 0 Å². The minimum atomic E-state index is 0.160. The predicted molar refractivity (Wildman–Crippen MR) is 103 cm³/mol. The van der Waals surface area contributed by atoms with Crippen LogP contribution < -0.4 is 20.1 Å². The van der Waals surface area contributed by atoms with Gasteiger partial charge in [0.2, 0.25) is 0 Å². The number of rotatable bonds is 11. The number of aliphatic hydroxyl groups is 1. The molecule has 0 amide bonds. The molecule has 0 aliphatic heterocycles. The van der Waals surface area contributed by atoms with Crippen molar-refractivity contribution in [3.63, 3.8) is 0 Å². The quantitative estimate of drug-likeness (QED) is 0.499. The molecule has 2 rings (SSSR count). The summed E-state index contributed by atoms with van der Waals surface area (Å²) in [5.41, 5.74) is 2.22. The lowest BCUT2D eigenvalue weighted by Gasteiger charge is -2.14. The second-order valence-electron chi connectivity index (χ2n) is 5.52. The molecule has 0 fully saturated rings. The number of nitrogens with one attached hydrogen (secondary N) is 2. The molecule has 0 bridgehead atoms. The Morgan fingerprint density at radius 3 is 2.48 bits per heavy atom. The third kappa shape index (κ3) is 6.66. The first-order valence-corrected chi connectivity index (χ1v) is 9.09. The maximum atomic E-state index is 8.72. The lowest BCUT2D eigenvalue weighted by Crippen LogP contribution is -2.28. The van der Waals surface area contributed by atoms with Gasteiger partial charge in [-0.05, 0) is 23.3 Å². The minimum absolute atomic E-state index is 0.160. The van der Waals surface area contributed by atoms with E-state index in [0.29, 0.717) is 24.7 Å². The number of halogens is 1. The van der Waals surface area contributed by atoms with Crippen molar-refractivity contribution in [1.29, 1.82) is 0 Å². The molecule has 0 unspecified atom stereocenters. The molecule has 5 nitrogen and oxygen atoms in total. The molecule has 0 atom stereocenters. The molecule has 2 aromatic carbocycles. The first kappa shape index (κ1) is 19.7. The first-order valence-electron chi connectivity index (χ1n) is 8.30. The van der Waals surface area contributed by atoms with Crippen molar-refractivity contribution in [3.8, 4) is 11.5 Å². The molecule has 0 saturated carbocycles. The van der Waals surface area contributed by atoms with Gasteiger partial charge in [0.05, 0.1) is 13.7 Å².